The van der Waals surface area contributed by atoms with Crippen LogP contribution in [-0.4, -0.2) is 43.9 Å². The van der Waals surface area contributed by atoms with Gasteiger partial charge in [-0.2, -0.15) is 0 Å². The summed E-state index contributed by atoms with van der Waals surface area (Å²) in [4.78, 5) is 28.8. The van der Waals surface area contributed by atoms with Crippen LogP contribution in [0.15, 0.2) is 54.6 Å². The molecule has 2 aromatic carbocycles. The molecule has 0 saturated heterocycles. The fraction of sp³-hybridized carbons (Fsp3) is 0.300. The van der Waals surface area contributed by atoms with Crippen molar-refractivity contribution in [2.45, 2.75) is 12.5 Å². The van der Waals surface area contributed by atoms with Crippen molar-refractivity contribution in [3.8, 4) is 0 Å². The molecular formula is C20H23N3O2. The van der Waals surface area contributed by atoms with E-state index in [1.165, 1.54) is 5.56 Å². The summed E-state index contributed by atoms with van der Waals surface area (Å²) >= 11 is 0. The molecule has 0 bridgehead atoms. The van der Waals surface area contributed by atoms with E-state index in [1.807, 2.05) is 73.6 Å². The van der Waals surface area contributed by atoms with Crippen molar-refractivity contribution >= 4 is 17.5 Å². The van der Waals surface area contributed by atoms with Crippen molar-refractivity contribution in [1.82, 2.24) is 10.2 Å². The van der Waals surface area contributed by atoms with Gasteiger partial charge in [0, 0.05) is 12.2 Å². The first-order valence-corrected chi connectivity index (χ1v) is 8.45. The molecule has 0 fully saturated rings. The predicted molar refractivity (Wildman–Crippen MR) is 98.4 cm³/mol. The lowest BCUT2D eigenvalue weighted by Crippen LogP contribution is -2.43. The molecule has 0 radical (unpaired) electrons. The molecule has 0 aromatic heterocycles. The Balaban J connectivity index is 1.64. The van der Waals surface area contributed by atoms with E-state index in [9.17, 15) is 9.59 Å². The van der Waals surface area contributed by atoms with Gasteiger partial charge in [0.05, 0.1) is 6.54 Å². The number of likely N-dealkylation sites (N-methyl/N-ethyl adjacent to an activating group) is 1. The second-order valence-corrected chi connectivity index (χ2v) is 6.42. The van der Waals surface area contributed by atoms with Crippen molar-refractivity contribution in [1.29, 1.82) is 0 Å². The van der Waals surface area contributed by atoms with Crippen LogP contribution < -0.4 is 10.2 Å². The zero-order valence-electron chi connectivity index (χ0n) is 14.6. The highest BCUT2D eigenvalue weighted by Crippen LogP contribution is 2.27. The van der Waals surface area contributed by atoms with Crippen molar-refractivity contribution in [2.75, 3.05) is 32.1 Å². The highest BCUT2D eigenvalue weighted by molar-refractivity contribution is 5.98. The summed E-state index contributed by atoms with van der Waals surface area (Å²) < 4.78 is 0. The number of nitrogens with zero attached hydrogens (tertiary/aromatic N) is 2. The average Bonchev–Trinajstić information content (AvgIpc) is 3.04. The third-order valence-corrected chi connectivity index (χ3v) is 4.48. The van der Waals surface area contributed by atoms with Gasteiger partial charge in [0.25, 0.3) is 0 Å². The highest BCUT2D eigenvalue weighted by Gasteiger charge is 2.26. The molecule has 130 valence electrons. The van der Waals surface area contributed by atoms with E-state index in [0.29, 0.717) is 6.54 Å². The Morgan fingerprint density at radius 1 is 1.08 bits per heavy atom. The standard InChI is InChI=1S/C20H23N3O2/c1-22(2)19(16-9-4-3-5-10-16)20(25)21-14-18(24)23-13-12-15-8-6-7-11-17(15)23/h3-11,19H,12-14H2,1-2H3,(H,21,25). The number of para-hydroxylation sites is 1. The van der Waals surface area contributed by atoms with E-state index >= 15 is 0 Å². The minimum Gasteiger partial charge on any atom is -0.345 e. The third-order valence-electron chi connectivity index (χ3n) is 4.48. The van der Waals surface area contributed by atoms with E-state index in [4.69, 9.17) is 0 Å². The first-order chi connectivity index (χ1) is 12.1. The Hall–Kier alpha value is -2.66. The highest BCUT2D eigenvalue weighted by atomic mass is 16.2. The number of hydrogen-bond acceptors (Lipinski definition) is 3. The number of rotatable bonds is 5. The maximum absolute atomic E-state index is 12.6. The van der Waals surface area contributed by atoms with Crippen LogP contribution >= 0.6 is 0 Å². The minimum atomic E-state index is -0.417. The molecule has 1 heterocycles. The van der Waals surface area contributed by atoms with E-state index in [0.717, 1.165) is 17.7 Å². The van der Waals surface area contributed by atoms with Crippen LogP contribution in [0.1, 0.15) is 17.2 Å². The van der Waals surface area contributed by atoms with Crippen LogP contribution in [0.25, 0.3) is 0 Å². The molecule has 2 aromatic rings. The summed E-state index contributed by atoms with van der Waals surface area (Å²) in [6, 6.07) is 17.1. The van der Waals surface area contributed by atoms with Crippen molar-refractivity contribution in [2.24, 2.45) is 0 Å². The first-order valence-electron chi connectivity index (χ1n) is 8.45. The summed E-state index contributed by atoms with van der Waals surface area (Å²) in [5, 5.41) is 2.80. The molecule has 25 heavy (non-hydrogen) atoms. The van der Waals surface area contributed by atoms with Gasteiger partial charge in [0.15, 0.2) is 0 Å². The Morgan fingerprint density at radius 2 is 1.76 bits per heavy atom. The van der Waals surface area contributed by atoms with Gasteiger partial charge < -0.3 is 10.2 Å². The Labute approximate surface area is 148 Å². The van der Waals surface area contributed by atoms with E-state index < -0.39 is 6.04 Å². The van der Waals surface area contributed by atoms with Crippen LogP contribution in [0.4, 0.5) is 5.69 Å². The van der Waals surface area contributed by atoms with E-state index in [1.54, 1.807) is 4.90 Å². The number of anilines is 1. The van der Waals surface area contributed by atoms with E-state index in [-0.39, 0.29) is 18.4 Å². The number of hydrogen-bond donors (Lipinski definition) is 1. The summed E-state index contributed by atoms with van der Waals surface area (Å²) in [5.74, 6) is -0.249. The SMILES string of the molecule is CN(C)C(C(=O)NCC(=O)N1CCc2ccccc21)c1ccccc1. The van der Waals surface area contributed by atoms with E-state index in [2.05, 4.69) is 5.32 Å². The van der Waals surface area contributed by atoms with Crippen molar-refractivity contribution < 1.29 is 9.59 Å². The van der Waals surface area contributed by atoms with Crippen molar-refractivity contribution in [3.63, 3.8) is 0 Å². The molecule has 1 N–H and O–H groups in total. The summed E-state index contributed by atoms with van der Waals surface area (Å²) in [6.45, 7) is 0.675. The average molecular weight is 337 g/mol. The van der Waals surface area contributed by atoms with Crippen LogP contribution in [0.2, 0.25) is 0 Å². The number of amides is 2. The zero-order chi connectivity index (χ0) is 17.8. The largest absolute Gasteiger partial charge is 0.345 e. The van der Waals surface area contributed by atoms with Gasteiger partial charge >= 0.3 is 0 Å². The van der Waals surface area contributed by atoms with Gasteiger partial charge in [-0.25, -0.2) is 0 Å². The predicted octanol–water partition coefficient (Wildman–Crippen LogP) is 1.99. The van der Waals surface area contributed by atoms with Gasteiger partial charge in [-0.05, 0) is 37.7 Å². The van der Waals surface area contributed by atoms with Crippen LogP contribution in [0.3, 0.4) is 0 Å². The second kappa shape index (κ2) is 7.49. The number of carbonyl (C=O) groups excluding carboxylic acids is 2. The smallest absolute Gasteiger partial charge is 0.246 e. The zero-order valence-corrected chi connectivity index (χ0v) is 14.6. The maximum atomic E-state index is 12.6. The molecule has 5 heteroatoms. The monoisotopic (exact) mass is 337 g/mol. The number of benzene rings is 2. The number of carbonyl (C=O) groups is 2. The molecule has 0 aliphatic carbocycles. The van der Waals surface area contributed by atoms with Gasteiger partial charge in [-0.1, -0.05) is 48.5 Å². The molecular weight excluding hydrogens is 314 g/mol. The van der Waals surface area contributed by atoms with Crippen molar-refractivity contribution in [3.05, 3.63) is 65.7 Å². The first kappa shape index (κ1) is 17.2. The second-order valence-electron chi connectivity index (χ2n) is 6.42. The normalized spacial score (nSPS) is 14.3. The summed E-state index contributed by atoms with van der Waals surface area (Å²) in [7, 11) is 3.71. The molecule has 0 saturated carbocycles. The molecule has 1 aliphatic heterocycles. The van der Waals surface area contributed by atoms with Crippen LogP contribution in [0.5, 0.6) is 0 Å². The lowest BCUT2D eigenvalue weighted by atomic mass is 10.1. The fourth-order valence-corrected chi connectivity index (χ4v) is 3.27. The molecule has 2 amide bonds. The van der Waals surface area contributed by atoms with Gasteiger partial charge in [-0.3, -0.25) is 14.5 Å². The maximum Gasteiger partial charge on any atom is 0.246 e. The minimum absolute atomic E-state index is 0.00431. The molecule has 0 spiro atoms. The summed E-state index contributed by atoms with van der Waals surface area (Å²) in [5.41, 5.74) is 3.04. The summed E-state index contributed by atoms with van der Waals surface area (Å²) in [6.07, 6.45) is 0.861. The molecule has 3 rings (SSSR count). The third kappa shape index (κ3) is 3.72. The lowest BCUT2D eigenvalue weighted by Gasteiger charge is -2.24. The van der Waals surface area contributed by atoms with Crippen LogP contribution in [0, 0.1) is 0 Å². The van der Waals surface area contributed by atoms with Gasteiger partial charge in [0.2, 0.25) is 11.8 Å². The quantitative estimate of drug-likeness (QED) is 0.908. The fourth-order valence-electron chi connectivity index (χ4n) is 3.27. The van der Waals surface area contributed by atoms with Gasteiger partial charge in [-0.15, -0.1) is 0 Å². The molecule has 5 nitrogen and oxygen atoms in total. The number of nitrogens with one attached hydrogen (secondary N) is 1. The molecule has 1 unspecified atom stereocenters. The van der Waals surface area contributed by atoms with Crippen LogP contribution in [-0.2, 0) is 16.0 Å². The molecule has 1 aliphatic rings. The number of fused-ring (bicyclic) bond motifs is 1. The lowest BCUT2D eigenvalue weighted by molar-refractivity contribution is -0.128. The Kier molecular flexibility index (Phi) is 5.14. The Morgan fingerprint density at radius 3 is 2.48 bits per heavy atom. The van der Waals surface area contributed by atoms with Gasteiger partial charge in [0.1, 0.15) is 6.04 Å². The topological polar surface area (TPSA) is 52.7 Å². The molecule has 1 atom stereocenters. The Bertz CT molecular complexity index is 759.